The summed E-state index contributed by atoms with van der Waals surface area (Å²) in [5, 5.41) is 3.45. The van der Waals surface area contributed by atoms with E-state index < -0.39 is 0 Å². The zero-order valence-electron chi connectivity index (χ0n) is 10.7. The first-order valence-electron chi connectivity index (χ1n) is 6.29. The molecule has 1 aromatic carbocycles. The van der Waals surface area contributed by atoms with Gasteiger partial charge in [-0.05, 0) is 56.4 Å². The summed E-state index contributed by atoms with van der Waals surface area (Å²) in [6, 6.07) is 10.6. The Morgan fingerprint density at radius 2 is 2.15 bits per heavy atom. The van der Waals surface area contributed by atoms with Gasteiger partial charge in [0.05, 0.1) is 6.04 Å². The average Bonchev–Trinajstić information content (AvgIpc) is 2.89. The normalized spacial score (nSPS) is 12.7. The van der Waals surface area contributed by atoms with E-state index >= 15 is 0 Å². The van der Waals surface area contributed by atoms with Gasteiger partial charge in [-0.2, -0.15) is 0 Å². The molecule has 102 valence electrons. The van der Waals surface area contributed by atoms with Crippen LogP contribution in [0.5, 0.6) is 0 Å². The molecule has 0 aliphatic carbocycles. The first-order chi connectivity index (χ1) is 9.78. The van der Waals surface area contributed by atoms with Crippen LogP contribution in [0.2, 0.25) is 0 Å². The number of aromatic nitrogens is 1. The van der Waals surface area contributed by atoms with Gasteiger partial charge in [0.1, 0.15) is 0 Å². The minimum atomic E-state index is 0.0854. The molecule has 1 unspecified atom stereocenters. The number of benzene rings is 1. The van der Waals surface area contributed by atoms with Crippen LogP contribution in [0.15, 0.2) is 52.6 Å². The smallest absolute Gasteiger partial charge is 0.0515 e. The second kappa shape index (κ2) is 6.01. The van der Waals surface area contributed by atoms with E-state index in [-0.39, 0.29) is 6.04 Å². The molecule has 3 rings (SSSR count). The van der Waals surface area contributed by atoms with Crippen LogP contribution < -0.4 is 11.3 Å². The largest absolute Gasteiger partial charge is 0.271 e. The van der Waals surface area contributed by atoms with Crippen LogP contribution in [-0.2, 0) is 6.42 Å². The van der Waals surface area contributed by atoms with Crippen LogP contribution in [0, 0.1) is 0 Å². The van der Waals surface area contributed by atoms with Gasteiger partial charge < -0.3 is 0 Å². The van der Waals surface area contributed by atoms with Crippen LogP contribution in [0.1, 0.15) is 17.2 Å². The molecule has 1 atom stereocenters. The van der Waals surface area contributed by atoms with E-state index in [1.54, 1.807) is 17.5 Å². The Bertz CT molecular complexity index is 726. The molecule has 0 saturated carbocycles. The van der Waals surface area contributed by atoms with Crippen LogP contribution in [0.25, 0.3) is 10.1 Å². The van der Waals surface area contributed by atoms with Gasteiger partial charge in [0.2, 0.25) is 0 Å². The molecular weight excluding hydrogens is 334 g/mol. The fourth-order valence-electron chi connectivity index (χ4n) is 2.33. The van der Waals surface area contributed by atoms with Crippen LogP contribution in [0.4, 0.5) is 0 Å². The molecule has 0 radical (unpaired) electrons. The van der Waals surface area contributed by atoms with E-state index in [4.69, 9.17) is 5.84 Å². The minimum Gasteiger partial charge on any atom is -0.271 e. The molecule has 3 nitrogen and oxygen atoms in total. The van der Waals surface area contributed by atoms with Gasteiger partial charge in [0.15, 0.2) is 0 Å². The standard InChI is InChI=1S/C15H14BrN3S/c16-11-5-10(7-18-8-11)6-14(19-17)13-9-20-15-4-2-1-3-12(13)15/h1-5,7-9,14,19H,6,17H2. The molecule has 2 aromatic heterocycles. The Morgan fingerprint density at radius 3 is 2.95 bits per heavy atom. The third-order valence-electron chi connectivity index (χ3n) is 3.29. The third-order valence-corrected chi connectivity index (χ3v) is 4.70. The van der Waals surface area contributed by atoms with Crippen molar-refractivity contribution in [1.29, 1.82) is 0 Å². The van der Waals surface area contributed by atoms with E-state index in [1.165, 1.54) is 15.6 Å². The highest BCUT2D eigenvalue weighted by atomic mass is 79.9. The molecule has 0 saturated heterocycles. The molecule has 0 aliphatic heterocycles. The zero-order valence-corrected chi connectivity index (χ0v) is 13.1. The van der Waals surface area contributed by atoms with E-state index in [0.29, 0.717) is 0 Å². The molecule has 20 heavy (non-hydrogen) atoms. The Balaban J connectivity index is 1.93. The van der Waals surface area contributed by atoms with Gasteiger partial charge in [0.25, 0.3) is 0 Å². The van der Waals surface area contributed by atoms with Crippen molar-refractivity contribution in [1.82, 2.24) is 10.4 Å². The third kappa shape index (κ3) is 2.76. The van der Waals surface area contributed by atoms with Gasteiger partial charge in [-0.1, -0.05) is 18.2 Å². The predicted molar refractivity (Wildman–Crippen MR) is 87.5 cm³/mol. The summed E-state index contributed by atoms with van der Waals surface area (Å²) in [4.78, 5) is 4.20. The Hall–Kier alpha value is -1.27. The van der Waals surface area contributed by atoms with Crippen LogP contribution in [0.3, 0.4) is 0 Å². The lowest BCUT2D eigenvalue weighted by Gasteiger charge is -2.15. The maximum atomic E-state index is 5.76. The molecule has 3 aromatic rings. The van der Waals surface area contributed by atoms with Crippen molar-refractivity contribution >= 4 is 37.4 Å². The molecular formula is C15H14BrN3S. The molecule has 2 heterocycles. The molecule has 3 N–H and O–H groups in total. The molecule has 0 fully saturated rings. The fraction of sp³-hybridized carbons (Fsp3) is 0.133. The highest BCUT2D eigenvalue weighted by molar-refractivity contribution is 9.10. The van der Waals surface area contributed by atoms with Crippen molar-refractivity contribution in [2.24, 2.45) is 5.84 Å². The van der Waals surface area contributed by atoms with E-state index in [2.05, 4.69) is 62.1 Å². The van der Waals surface area contributed by atoms with Gasteiger partial charge in [0, 0.05) is 21.6 Å². The fourth-order valence-corrected chi connectivity index (χ4v) is 3.76. The first kappa shape index (κ1) is 13.7. The Labute approximate surface area is 129 Å². The number of hydrogen-bond acceptors (Lipinski definition) is 4. The summed E-state index contributed by atoms with van der Waals surface area (Å²) in [7, 11) is 0. The van der Waals surface area contributed by atoms with E-state index in [1.807, 2.05) is 6.20 Å². The lowest BCUT2D eigenvalue weighted by Crippen LogP contribution is -2.29. The number of fused-ring (bicyclic) bond motifs is 1. The SMILES string of the molecule is NNC(Cc1cncc(Br)c1)c1csc2ccccc12. The highest BCUT2D eigenvalue weighted by Gasteiger charge is 2.15. The molecule has 0 amide bonds. The number of hydrogen-bond donors (Lipinski definition) is 2. The van der Waals surface area contributed by atoms with Crippen molar-refractivity contribution < 1.29 is 0 Å². The maximum absolute atomic E-state index is 5.76. The van der Waals surface area contributed by atoms with Gasteiger partial charge in [-0.3, -0.25) is 16.3 Å². The quantitative estimate of drug-likeness (QED) is 0.557. The number of nitrogens with two attached hydrogens (primary N) is 1. The van der Waals surface area contributed by atoms with E-state index in [0.717, 1.165) is 16.5 Å². The van der Waals surface area contributed by atoms with Gasteiger partial charge in [-0.15, -0.1) is 11.3 Å². The summed E-state index contributed by atoms with van der Waals surface area (Å²) in [5.74, 6) is 5.76. The van der Waals surface area contributed by atoms with Gasteiger partial charge >= 0.3 is 0 Å². The second-order valence-corrected chi connectivity index (χ2v) is 6.45. The van der Waals surface area contributed by atoms with Crippen molar-refractivity contribution in [2.75, 3.05) is 0 Å². The van der Waals surface area contributed by atoms with Crippen molar-refractivity contribution in [2.45, 2.75) is 12.5 Å². The number of thiophene rings is 1. The summed E-state index contributed by atoms with van der Waals surface area (Å²) in [6.45, 7) is 0. The topological polar surface area (TPSA) is 50.9 Å². The monoisotopic (exact) mass is 347 g/mol. The number of nitrogens with one attached hydrogen (secondary N) is 1. The lowest BCUT2D eigenvalue weighted by molar-refractivity contribution is 0.556. The Morgan fingerprint density at radius 1 is 1.30 bits per heavy atom. The summed E-state index contributed by atoms with van der Waals surface area (Å²) in [5.41, 5.74) is 5.32. The zero-order chi connectivity index (χ0) is 13.9. The van der Waals surface area contributed by atoms with Gasteiger partial charge in [-0.25, -0.2) is 0 Å². The molecule has 0 bridgehead atoms. The highest BCUT2D eigenvalue weighted by Crippen LogP contribution is 2.31. The van der Waals surface area contributed by atoms with Crippen molar-refractivity contribution in [3.8, 4) is 0 Å². The number of nitrogens with zero attached hydrogens (tertiary/aromatic N) is 1. The number of halogens is 1. The molecule has 0 aliphatic rings. The number of pyridine rings is 1. The van der Waals surface area contributed by atoms with Crippen LogP contribution in [-0.4, -0.2) is 4.98 Å². The average molecular weight is 348 g/mol. The van der Waals surface area contributed by atoms with Crippen LogP contribution >= 0.6 is 27.3 Å². The Kier molecular flexibility index (Phi) is 4.12. The minimum absolute atomic E-state index is 0.0854. The van der Waals surface area contributed by atoms with Crippen molar-refractivity contribution in [3.05, 3.63) is 63.7 Å². The molecule has 5 heteroatoms. The first-order valence-corrected chi connectivity index (χ1v) is 7.97. The van der Waals surface area contributed by atoms with E-state index in [9.17, 15) is 0 Å². The maximum Gasteiger partial charge on any atom is 0.0515 e. The lowest BCUT2D eigenvalue weighted by atomic mass is 10.00. The predicted octanol–water partition coefficient (Wildman–Crippen LogP) is 3.81. The van der Waals surface area contributed by atoms with Crippen molar-refractivity contribution in [3.63, 3.8) is 0 Å². The summed E-state index contributed by atoms with van der Waals surface area (Å²) in [6.07, 6.45) is 4.47. The second-order valence-electron chi connectivity index (χ2n) is 4.62. The molecule has 0 spiro atoms. The summed E-state index contributed by atoms with van der Waals surface area (Å²) >= 11 is 5.20. The number of hydrazine groups is 1. The summed E-state index contributed by atoms with van der Waals surface area (Å²) < 4.78 is 2.27. The number of rotatable bonds is 4.